The van der Waals surface area contributed by atoms with E-state index in [1.54, 1.807) is 0 Å². The van der Waals surface area contributed by atoms with Gasteiger partial charge in [-0.2, -0.15) is 13.2 Å². The molecule has 0 spiro atoms. The van der Waals surface area contributed by atoms with Crippen molar-refractivity contribution in [1.82, 2.24) is 0 Å². The van der Waals surface area contributed by atoms with E-state index in [1.807, 2.05) is 0 Å². The molecule has 1 aromatic carbocycles. The molecule has 0 N–H and O–H groups in total. The summed E-state index contributed by atoms with van der Waals surface area (Å²) in [4.78, 5) is -1.12. The second kappa shape index (κ2) is 6.28. The molecule has 0 saturated carbocycles. The SMILES string of the molecule is COCC(Cl)Cc1ccc(F)cc1S(=O)(=O)C(F)(F)F. The number of hydrogen-bond acceptors (Lipinski definition) is 3. The third-order valence-corrected chi connectivity index (χ3v) is 4.26. The Morgan fingerprint density at radius 1 is 1.35 bits per heavy atom. The Kier molecular flexibility index (Phi) is 5.39. The number of sulfone groups is 1. The molecular formula is C11H11ClF4O3S. The first-order valence-electron chi connectivity index (χ1n) is 5.32. The van der Waals surface area contributed by atoms with Crippen LogP contribution in [0.5, 0.6) is 0 Å². The predicted octanol–water partition coefficient (Wildman–Crippen LogP) is 2.92. The van der Waals surface area contributed by atoms with E-state index >= 15 is 0 Å². The molecule has 114 valence electrons. The summed E-state index contributed by atoms with van der Waals surface area (Å²) in [5, 5.41) is -0.729. The lowest BCUT2D eigenvalue weighted by Gasteiger charge is -2.15. The van der Waals surface area contributed by atoms with E-state index in [2.05, 4.69) is 0 Å². The van der Waals surface area contributed by atoms with Crippen LogP contribution >= 0.6 is 11.6 Å². The zero-order valence-corrected chi connectivity index (χ0v) is 11.8. The summed E-state index contributed by atoms with van der Waals surface area (Å²) in [5.41, 5.74) is -5.71. The highest BCUT2D eigenvalue weighted by molar-refractivity contribution is 7.92. The third kappa shape index (κ3) is 3.83. The largest absolute Gasteiger partial charge is 0.501 e. The lowest BCUT2D eigenvalue weighted by atomic mass is 10.1. The van der Waals surface area contributed by atoms with Gasteiger partial charge in [0.1, 0.15) is 5.82 Å². The summed E-state index contributed by atoms with van der Waals surface area (Å²) < 4.78 is 78.2. The van der Waals surface area contributed by atoms with Crippen LogP contribution in [0.1, 0.15) is 5.56 Å². The van der Waals surface area contributed by atoms with E-state index in [0.717, 1.165) is 12.1 Å². The second-order valence-electron chi connectivity index (χ2n) is 3.96. The van der Waals surface area contributed by atoms with Gasteiger partial charge in [-0.05, 0) is 24.1 Å². The summed E-state index contributed by atoms with van der Waals surface area (Å²) in [6.45, 7) is 0.0183. The molecule has 0 fully saturated rings. The molecule has 0 radical (unpaired) electrons. The van der Waals surface area contributed by atoms with Crippen LogP contribution < -0.4 is 0 Å². The van der Waals surface area contributed by atoms with Crippen LogP contribution in [0.25, 0.3) is 0 Å². The van der Waals surface area contributed by atoms with Crippen LogP contribution in [-0.2, 0) is 21.0 Å². The van der Waals surface area contributed by atoms with Gasteiger partial charge < -0.3 is 4.74 Å². The van der Waals surface area contributed by atoms with Gasteiger partial charge >= 0.3 is 5.51 Å². The normalized spacial score (nSPS) is 14.3. The Morgan fingerprint density at radius 2 is 1.95 bits per heavy atom. The molecule has 9 heteroatoms. The Bertz CT molecular complexity index is 572. The molecule has 0 saturated heterocycles. The minimum atomic E-state index is -5.63. The fourth-order valence-corrected chi connectivity index (χ4v) is 2.86. The Labute approximate surface area is 118 Å². The van der Waals surface area contributed by atoms with Crippen molar-refractivity contribution in [3.05, 3.63) is 29.6 Å². The quantitative estimate of drug-likeness (QED) is 0.614. The lowest BCUT2D eigenvalue weighted by Crippen LogP contribution is -2.25. The van der Waals surface area contributed by atoms with E-state index in [1.165, 1.54) is 7.11 Å². The molecule has 0 aliphatic heterocycles. The highest BCUT2D eigenvalue weighted by atomic mass is 35.5. The first-order chi connectivity index (χ1) is 9.09. The van der Waals surface area contributed by atoms with Crippen molar-refractivity contribution in [2.24, 2.45) is 0 Å². The third-order valence-electron chi connectivity index (χ3n) is 2.41. The number of halogens is 5. The molecule has 0 amide bonds. The molecule has 1 atom stereocenters. The molecule has 0 aliphatic carbocycles. The molecular weight excluding hydrogens is 324 g/mol. The number of rotatable bonds is 5. The van der Waals surface area contributed by atoms with Gasteiger partial charge in [-0.25, -0.2) is 12.8 Å². The van der Waals surface area contributed by atoms with Crippen molar-refractivity contribution >= 4 is 21.4 Å². The van der Waals surface area contributed by atoms with Crippen molar-refractivity contribution in [2.75, 3.05) is 13.7 Å². The van der Waals surface area contributed by atoms with E-state index in [9.17, 15) is 26.0 Å². The van der Waals surface area contributed by atoms with Gasteiger partial charge in [-0.1, -0.05) is 6.07 Å². The van der Waals surface area contributed by atoms with Crippen molar-refractivity contribution in [1.29, 1.82) is 0 Å². The summed E-state index contributed by atoms with van der Waals surface area (Å²) in [6, 6.07) is 2.19. The molecule has 1 rings (SSSR count). The summed E-state index contributed by atoms with van der Waals surface area (Å²) in [7, 11) is -4.29. The van der Waals surface area contributed by atoms with Gasteiger partial charge in [0.15, 0.2) is 0 Å². The van der Waals surface area contributed by atoms with Gasteiger partial charge in [-0.3, -0.25) is 0 Å². The predicted molar refractivity (Wildman–Crippen MR) is 64.9 cm³/mol. The average molecular weight is 335 g/mol. The number of methoxy groups -OCH3 is 1. The highest BCUT2D eigenvalue weighted by Crippen LogP contribution is 2.33. The first-order valence-corrected chi connectivity index (χ1v) is 7.24. The molecule has 0 aliphatic rings. The Hall–Kier alpha value is -0.860. The monoisotopic (exact) mass is 334 g/mol. The topological polar surface area (TPSA) is 43.4 Å². The highest BCUT2D eigenvalue weighted by Gasteiger charge is 2.48. The first kappa shape index (κ1) is 17.2. The Balaban J connectivity index is 3.29. The lowest BCUT2D eigenvalue weighted by molar-refractivity contribution is -0.0436. The average Bonchev–Trinajstić information content (AvgIpc) is 2.30. The van der Waals surface area contributed by atoms with Gasteiger partial charge in [0.2, 0.25) is 0 Å². The zero-order valence-electron chi connectivity index (χ0n) is 10.2. The standard InChI is InChI=1S/C11H11ClF4O3S/c1-19-6-8(12)4-7-2-3-9(13)5-10(7)20(17,18)11(14,15)16/h2-3,5,8H,4,6H2,1H3. The summed E-state index contributed by atoms with van der Waals surface area (Å²) in [6.07, 6.45) is -0.194. The molecule has 0 heterocycles. The van der Waals surface area contributed by atoms with Crippen molar-refractivity contribution in [3.63, 3.8) is 0 Å². The van der Waals surface area contributed by atoms with E-state index in [0.29, 0.717) is 6.07 Å². The van der Waals surface area contributed by atoms with Crippen molar-refractivity contribution in [2.45, 2.75) is 22.2 Å². The van der Waals surface area contributed by atoms with Crippen LogP contribution in [-0.4, -0.2) is 33.0 Å². The number of hydrogen-bond donors (Lipinski definition) is 0. The molecule has 0 aromatic heterocycles. The summed E-state index contributed by atoms with van der Waals surface area (Å²) in [5.74, 6) is -1.07. The zero-order chi connectivity index (χ0) is 15.6. The Morgan fingerprint density at radius 3 is 2.45 bits per heavy atom. The van der Waals surface area contributed by atoms with E-state index in [-0.39, 0.29) is 18.6 Å². The summed E-state index contributed by atoms with van der Waals surface area (Å²) >= 11 is 5.80. The van der Waals surface area contributed by atoms with Gasteiger partial charge in [0.05, 0.1) is 16.9 Å². The minimum absolute atomic E-state index is 0.0183. The number of benzene rings is 1. The van der Waals surface area contributed by atoms with Crippen LogP contribution in [0, 0.1) is 5.82 Å². The smallest absolute Gasteiger partial charge is 0.383 e. The van der Waals surface area contributed by atoms with Gasteiger partial charge in [-0.15, -0.1) is 11.6 Å². The molecule has 0 bridgehead atoms. The van der Waals surface area contributed by atoms with Crippen LogP contribution in [0.4, 0.5) is 17.6 Å². The minimum Gasteiger partial charge on any atom is -0.383 e. The van der Waals surface area contributed by atoms with Gasteiger partial charge in [0.25, 0.3) is 9.84 Å². The molecule has 1 unspecified atom stereocenters. The fraction of sp³-hybridized carbons (Fsp3) is 0.455. The fourth-order valence-electron chi connectivity index (χ4n) is 1.55. The van der Waals surface area contributed by atoms with Crippen LogP contribution in [0.3, 0.4) is 0 Å². The second-order valence-corrected chi connectivity index (χ2v) is 6.48. The van der Waals surface area contributed by atoms with Crippen molar-refractivity contribution < 1.29 is 30.7 Å². The van der Waals surface area contributed by atoms with E-state index < -0.39 is 31.4 Å². The van der Waals surface area contributed by atoms with Crippen LogP contribution in [0.15, 0.2) is 23.1 Å². The molecule has 1 aromatic rings. The number of alkyl halides is 4. The molecule has 3 nitrogen and oxygen atoms in total. The van der Waals surface area contributed by atoms with Crippen LogP contribution in [0.2, 0.25) is 0 Å². The number of ether oxygens (including phenoxy) is 1. The maximum atomic E-state index is 13.1. The van der Waals surface area contributed by atoms with E-state index in [4.69, 9.17) is 16.3 Å². The molecule has 20 heavy (non-hydrogen) atoms. The van der Waals surface area contributed by atoms with Crippen molar-refractivity contribution in [3.8, 4) is 0 Å². The maximum Gasteiger partial charge on any atom is 0.501 e. The maximum absolute atomic E-state index is 13.1. The van der Waals surface area contributed by atoms with Gasteiger partial charge in [0, 0.05) is 7.11 Å².